The third-order valence-electron chi connectivity index (χ3n) is 8.98. The molecule has 0 spiro atoms. The maximum absolute atomic E-state index is 14.5. The van der Waals surface area contributed by atoms with E-state index < -0.39 is 6.04 Å². The van der Waals surface area contributed by atoms with Crippen LogP contribution >= 0.6 is 0 Å². The summed E-state index contributed by atoms with van der Waals surface area (Å²) in [6.45, 7) is 5.50. The van der Waals surface area contributed by atoms with Gasteiger partial charge in [-0.05, 0) is 73.1 Å². The van der Waals surface area contributed by atoms with Crippen molar-refractivity contribution >= 4 is 17.9 Å². The monoisotopic (exact) mass is 674 g/mol. The largest absolute Gasteiger partial charge is 0.497 e. The number of ether oxygens (including phenoxy) is 2. The van der Waals surface area contributed by atoms with E-state index in [4.69, 9.17) is 9.47 Å². The lowest BCUT2D eigenvalue weighted by Gasteiger charge is -2.39. The van der Waals surface area contributed by atoms with Gasteiger partial charge in [0.15, 0.2) is 0 Å². The third-order valence-corrected chi connectivity index (χ3v) is 8.98. The molecule has 0 aromatic heterocycles. The van der Waals surface area contributed by atoms with Gasteiger partial charge in [0.25, 0.3) is 0 Å². The zero-order valence-electron chi connectivity index (χ0n) is 29.6. The predicted molar refractivity (Wildman–Crippen MR) is 200 cm³/mol. The van der Waals surface area contributed by atoms with Crippen LogP contribution in [0.1, 0.15) is 28.7 Å². The summed E-state index contributed by atoms with van der Waals surface area (Å²) in [5.41, 5.74) is 4.07. The Hall–Kier alpha value is -4.92. The Bertz CT molecular complexity index is 1640. The Labute approximate surface area is 297 Å². The van der Waals surface area contributed by atoms with Gasteiger partial charge in [-0.3, -0.25) is 14.5 Å². The standard InChI is InChI=1S/C42H50N4O4/c1-43(2)25-10-30-50-39-22-17-37(18-23-39)33-46(41(47)24-19-34-15-20-38(49-3)21-16-34)40(31-35-11-6-4-7-12-35)42(48)45-28-26-44(27-29-45)32-36-13-8-5-9-14-36/h4-9,11-24,40H,10,25-33H2,1-3H3. The number of benzene rings is 4. The van der Waals surface area contributed by atoms with Gasteiger partial charge in [0.2, 0.25) is 11.8 Å². The van der Waals surface area contributed by atoms with Crippen molar-refractivity contribution in [3.05, 3.63) is 138 Å². The lowest BCUT2D eigenvalue weighted by atomic mass is 10.0. The fourth-order valence-corrected chi connectivity index (χ4v) is 6.13. The lowest BCUT2D eigenvalue weighted by Crippen LogP contribution is -2.56. The second-order valence-corrected chi connectivity index (χ2v) is 13.0. The molecule has 2 amide bonds. The first-order chi connectivity index (χ1) is 24.4. The number of rotatable bonds is 16. The van der Waals surface area contributed by atoms with Crippen molar-refractivity contribution in [3.8, 4) is 11.5 Å². The van der Waals surface area contributed by atoms with Crippen molar-refractivity contribution in [1.82, 2.24) is 19.6 Å². The molecule has 1 saturated heterocycles. The van der Waals surface area contributed by atoms with Crippen molar-refractivity contribution in [3.63, 3.8) is 0 Å². The highest BCUT2D eigenvalue weighted by molar-refractivity contribution is 5.95. The molecule has 8 heteroatoms. The average molecular weight is 675 g/mol. The molecule has 0 saturated carbocycles. The van der Waals surface area contributed by atoms with Crippen LogP contribution < -0.4 is 9.47 Å². The molecule has 0 N–H and O–H groups in total. The van der Waals surface area contributed by atoms with Crippen molar-refractivity contribution in [2.45, 2.75) is 32.0 Å². The molecule has 1 aliphatic rings. The van der Waals surface area contributed by atoms with E-state index in [1.54, 1.807) is 24.2 Å². The predicted octanol–water partition coefficient (Wildman–Crippen LogP) is 6.02. The van der Waals surface area contributed by atoms with Crippen LogP contribution in [0.3, 0.4) is 0 Å². The Balaban J connectivity index is 1.37. The smallest absolute Gasteiger partial charge is 0.247 e. The minimum atomic E-state index is -0.687. The highest BCUT2D eigenvalue weighted by Crippen LogP contribution is 2.21. The van der Waals surface area contributed by atoms with Gasteiger partial charge in [-0.25, -0.2) is 0 Å². The molecule has 5 rings (SSSR count). The van der Waals surface area contributed by atoms with Gasteiger partial charge in [0, 0.05) is 58.3 Å². The van der Waals surface area contributed by atoms with Crippen LogP contribution in [-0.4, -0.2) is 98.0 Å². The second kappa shape index (κ2) is 18.7. The van der Waals surface area contributed by atoms with Crippen LogP contribution in [0.5, 0.6) is 11.5 Å². The number of nitrogens with zero attached hydrogens (tertiary/aromatic N) is 4. The van der Waals surface area contributed by atoms with E-state index in [-0.39, 0.29) is 18.4 Å². The Morgan fingerprint density at radius 2 is 1.38 bits per heavy atom. The molecule has 1 atom stereocenters. The molecule has 1 aliphatic heterocycles. The molecule has 1 fully saturated rings. The first kappa shape index (κ1) is 36.4. The zero-order valence-corrected chi connectivity index (χ0v) is 29.6. The maximum atomic E-state index is 14.5. The summed E-state index contributed by atoms with van der Waals surface area (Å²) in [5.74, 6) is 1.29. The SMILES string of the molecule is COc1ccc(C=CC(=O)N(Cc2ccc(OCCCN(C)C)cc2)C(Cc2ccccc2)C(=O)N2CCN(Cc3ccccc3)CC2)cc1. The van der Waals surface area contributed by atoms with Crippen LogP contribution in [-0.2, 0) is 29.1 Å². The summed E-state index contributed by atoms with van der Waals surface area (Å²) < 4.78 is 11.3. The summed E-state index contributed by atoms with van der Waals surface area (Å²) in [7, 11) is 5.73. The number of piperazine rings is 1. The number of amides is 2. The summed E-state index contributed by atoms with van der Waals surface area (Å²) in [6.07, 6.45) is 4.72. The number of methoxy groups -OCH3 is 1. The summed E-state index contributed by atoms with van der Waals surface area (Å²) in [4.78, 5) is 37.0. The summed E-state index contributed by atoms with van der Waals surface area (Å²) >= 11 is 0. The van der Waals surface area contributed by atoms with Gasteiger partial charge >= 0.3 is 0 Å². The number of hydrogen-bond donors (Lipinski definition) is 0. The molecule has 8 nitrogen and oxygen atoms in total. The first-order valence-corrected chi connectivity index (χ1v) is 17.5. The fraction of sp³-hybridized carbons (Fsp3) is 0.333. The van der Waals surface area contributed by atoms with Crippen LogP contribution in [0, 0.1) is 0 Å². The van der Waals surface area contributed by atoms with E-state index in [0.717, 1.165) is 60.8 Å². The molecule has 1 unspecified atom stereocenters. The van der Waals surface area contributed by atoms with Crippen molar-refractivity contribution in [2.75, 3.05) is 60.5 Å². The minimum absolute atomic E-state index is 0.0275. The van der Waals surface area contributed by atoms with Crippen LogP contribution in [0.15, 0.2) is 115 Å². The molecule has 50 heavy (non-hydrogen) atoms. The number of carbonyl (C=O) groups is 2. The van der Waals surface area contributed by atoms with Gasteiger partial charge in [-0.15, -0.1) is 0 Å². The Morgan fingerprint density at radius 3 is 2.00 bits per heavy atom. The van der Waals surface area contributed by atoms with E-state index in [1.807, 2.05) is 89.8 Å². The molecular weight excluding hydrogens is 624 g/mol. The van der Waals surface area contributed by atoms with Crippen LogP contribution in [0.25, 0.3) is 6.08 Å². The average Bonchev–Trinajstić information content (AvgIpc) is 3.15. The molecule has 262 valence electrons. The van der Waals surface area contributed by atoms with Crippen LogP contribution in [0.4, 0.5) is 0 Å². The van der Waals surface area contributed by atoms with Gasteiger partial charge in [0.1, 0.15) is 17.5 Å². The van der Waals surface area contributed by atoms with Gasteiger partial charge in [-0.2, -0.15) is 0 Å². The van der Waals surface area contributed by atoms with Gasteiger partial charge in [0.05, 0.1) is 13.7 Å². The summed E-state index contributed by atoms with van der Waals surface area (Å²) in [5, 5.41) is 0. The third kappa shape index (κ3) is 11.1. The van der Waals surface area contributed by atoms with Crippen LogP contribution in [0.2, 0.25) is 0 Å². The topological polar surface area (TPSA) is 65.6 Å². The van der Waals surface area contributed by atoms with Crippen molar-refractivity contribution < 1.29 is 19.1 Å². The molecule has 0 aliphatic carbocycles. The lowest BCUT2D eigenvalue weighted by molar-refractivity contribution is -0.145. The highest BCUT2D eigenvalue weighted by atomic mass is 16.5. The number of carbonyl (C=O) groups excluding carboxylic acids is 2. The van der Waals surface area contributed by atoms with E-state index >= 15 is 0 Å². The maximum Gasteiger partial charge on any atom is 0.247 e. The van der Waals surface area contributed by atoms with Crippen molar-refractivity contribution in [2.24, 2.45) is 0 Å². The Kier molecular flexibility index (Phi) is 13.6. The second-order valence-electron chi connectivity index (χ2n) is 13.0. The zero-order chi connectivity index (χ0) is 35.1. The van der Waals surface area contributed by atoms with E-state index in [1.165, 1.54) is 5.56 Å². The quantitative estimate of drug-likeness (QED) is 0.107. The Morgan fingerprint density at radius 1 is 0.760 bits per heavy atom. The van der Waals surface area contributed by atoms with Gasteiger partial charge < -0.3 is 24.2 Å². The van der Waals surface area contributed by atoms with Crippen molar-refractivity contribution in [1.29, 1.82) is 0 Å². The molecular formula is C42H50N4O4. The fourth-order valence-electron chi connectivity index (χ4n) is 6.13. The molecule has 1 heterocycles. The first-order valence-electron chi connectivity index (χ1n) is 17.5. The minimum Gasteiger partial charge on any atom is -0.497 e. The normalized spacial score (nSPS) is 14.1. The molecule has 4 aromatic rings. The summed E-state index contributed by atoms with van der Waals surface area (Å²) in [6, 6.07) is 35.1. The molecule has 0 radical (unpaired) electrons. The molecule has 0 bridgehead atoms. The number of hydrogen-bond acceptors (Lipinski definition) is 6. The van der Waals surface area contributed by atoms with E-state index in [0.29, 0.717) is 26.1 Å². The molecule has 4 aromatic carbocycles. The van der Waals surface area contributed by atoms with Gasteiger partial charge in [-0.1, -0.05) is 84.9 Å². The van der Waals surface area contributed by atoms with E-state index in [2.05, 4.69) is 48.2 Å². The highest BCUT2D eigenvalue weighted by Gasteiger charge is 2.34. The van der Waals surface area contributed by atoms with E-state index in [9.17, 15) is 9.59 Å².